The molecule has 0 aromatic heterocycles. The van der Waals surface area contributed by atoms with Gasteiger partial charge >= 0.3 is 6.09 Å². The zero-order chi connectivity index (χ0) is 23.4. The van der Waals surface area contributed by atoms with Gasteiger partial charge in [-0.15, -0.1) is 0 Å². The summed E-state index contributed by atoms with van der Waals surface area (Å²) < 4.78 is 20.2. The number of halogens is 1. The minimum atomic E-state index is -0.592. The van der Waals surface area contributed by atoms with Crippen molar-refractivity contribution in [3.05, 3.63) is 47.8 Å². The van der Waals surface area contributed by atoms with Crippen molar-refractivity contribution in [2.75, 3.05) is 42.6 Å². The van der Waals surface area contributed by atoms with E-state index >= 15 is 0 Å². The molecule has 2 amide bonds. The second kappa shape index (κ2) is 10.1. The molecular formula is C23H25FN4O4S. The number of rotatable bonds is 6. The van der Waals surface area contributed by atoms with Crippen LogP contribution in [-0.2, 0) is 9.53 Å². The Kier molecular flexibility index (Phi) is 7.02. The molecule has 0 unspecified atom stereocenters. The third-order valence-electron chi connectivity index (χ3n) is 5.41. The van der Waals surface area contributed by atoms with Crippen LogP contribution in [0.15, 0.2) is 41.5 Å². The predicted molar refractivity (Wildman–Crippen MR) is 126 cm³/mol. The van der Waals surface area contributed by atoms with Gasteiger partial charge in [-0.05, 0) is 35.9 Å². The van der Waals surface area contributed by atoms with E-state index in [1.165, 1.54) is 24.0 Å². The van der Waals surface area contributed by atoms with Crippen molar-refractivity contribution in [3.63, 3.8) is 0 Å². The average molecular weight is 473 g/mol. The van der Waals surface area contributed by atoms with Gasteiger partial charge in [0.2, 0.25) is 5.91 Å². The van der Waals surface area contributed by atoms with Gasteiger partial charge in [-0.2, -0.15) is 16.9 Å². The summed E-state index contributed by atoms with van der Waals surface area (Å²) in [5.74, 6) is 1.32. The molecular weight excluding hydrogens is 447 g/mol. The summed E-state index contributed by atoms with van der Waals surface area (Å²) in [7, 11) is 0. The Bertz CT molecular complexity index is 1070. The zero-order valence-electron chi connectivity index (χ0n) is 18.2. The number of hydrazone groups is 1. The van der Waals surface area contributed by atoms with Crippen LogP contribution in [0, 0.1) is 5.82 Å². The molecule has 2 aromatic carbocycles. The Morgan fingerprint density at radius 3 is 2.79 bits per heavy atom. The van der Waals surface area contributed by atoms with Gasteiger partial charge in [-0.3, -0.25) is 14.7 Å². The molecule has 4 rings (SSSR count). The van der Waals surface area contributed by atoms with E-state index in [2.05, 4.69) is 10.4 Å². The molecule has 0 bridgehead atoms. The van der Waals surface area contributed by atoms with Gasteiger partial charge in [-0.25, -0.2) is 9.18 Å². The lowest BCUT2D eigenvalue weighted by Crippen LogP contribution is -2.33. The molecule has 33 heavy (non-hydrogen) atoms. The fourth-order valence-electron chi connectivity index (χ4n) is 3.64. The van der Waals surface area contributed by atoms with Crippen molar-refractivity contribution >= 4 is 35.7 Å². The summed E-state index contributed by atoms with van der Waals surface area (Å²) >= 11 is 1.89. The maximum Gasteiger partial charge on any atom is 0.414 e. The third-order valence-corrected chi connectivity index (χ3v) is 6.35. The summed E-state index contributed by atoms with van der Waals surface area (Å²) in [5.41, 5.74) is 1.72. The molecule has 0 saturated carbocycles. The maximum atomic E-state index is 14.9. The molecule has 2 N–H and O–H groups in total. The van der Waals surface area contributed by atoms with E-state index < -0.39 is 18.0 Å². The highest BCUT2D eigenvalue weighted by Gasteiger charge is 2.32. The summed E-state index contributed by atoms with van der Waals surface area (Å²) in [6.45, 7) is 3.53. The summed E-state index contributed by atoms with van der Waals surface area (Å²) in [6, 6.07) is 9.37. The minimum Gasteiger partial charge on any atom is -0.507 e. The van der Waals surface area contributed by atoms with Gasteiger partial charge in [-0.1, -0.05) is 6.07 Å². The number of phenols is 1. The second-order valence-corrected chi connectivity index (χ2v) is 9.03. The molecule has 2 aliphatic heterocycles. The van der Waals surface area contributed by atoms with Crippen LogP contribution in [-0.4, -0.2) is 72.1 Å². The van der Waals surface area contributed by atoms with Gasteiger partial charge in [0.25, 0.3) is 0 Å². The number of nitrogens with zero attached hydrogens (tertiary/aromatic N) is 3. The number of aromatic hydroxyl groups is 1. The number of thioether (sulfide) groups is 1. The molecule has 0 spiro atoms. The van der Waals surface area contributed by atoms with Crippen LogP contribution in [0.4, 0.5) is 14.9 Å². The molecule has 2 aliphatic rings. The van der Waals surface area contributed by atoms with Gasteiger partial charge in [0, 0.05) is 42.6 Å². The highest BCUT2D eigenvalue weighted by atomic mass is 32.2. The molecule has 1 atom stereocenters. The van der Waals surface area contributed by atoms with Crippen molar-refractivity contribution in [1.82, 2.24) is 10.3 Å². The van der Waals surface area contributed by atoms with Gasteiger partial charge in [0.15, 0.2) is 0 Å². The molecule has 2 aromatic rings. The fourth-order valence-corrected chi connectivity index (χ4v) is 4.52. The number of nitrogens with one attached hydrogen (secondary N) is 1. The Hall–Kier alpha value is -3.27. The first-order valence-corrected chi connectivity index (χ1v) is 11.8. The smallest absolute Gasteiger partial charge is 0.414 e. The average Bonchev–Trinajstić information content (AvgIpc) is 3.18. The molecule has 0 radical (unpaired) electrons. The summed E-state index contributed by atoms with van der Waals surface area (Å²) in [6.07, 6.45) is 0.523. The van der Waals surface area contributed by atoms with E-state index in [0.717, 1.165) is 24.6 Å². The number of phenolic OH excluding ortho intramolecular Hbond substituents is 1. The zero-order valence-corrected chi connectivity index (χ0v) is 19.0. The van der Waals surface area contributed by atoms with Crippen molar-refractivity contribution in [3.8, 4) is 16.9 Å². The van der Waals surface area contributed by atoms with Crippen LogP contribution in [0.2, 0.25) is 0 Å². The van der Waals surface area contributed by atoms with E-state index in [1.807, 2.05) is 16.8 Å². The fraction of sp³-hybridized carbons (Fsp3) is 0.348. The van der Waals surface area contributed by atoms with Crippen LogP contribution in [0.3, 0.4) is 0 Å². The first kappa shape index (κ1) is 22.9. The van der Waals surface area contributed by atoms with Gasteiger partial charge < -0.3 is 15.2 Å². The van der Waals surface area contributed by atoms with Crippen LogP contribution >= 0.6 is 11.8 Å². The van der Waals surface area contributed by atoms with E-state index in [0.29, 0.717) is 22.4 Å². The number of ether oxygens (including phenoxy) is 1. The number of hydrogen-bond donors (Lipinski definition) is 2. The highest BCUT2D eigenvalue weighted by molar-refractivity contribution is 7.99. The summed E-state index contributed by atoms with van der Waals surface area (Å²) in [5, 5.41) is 19.4. The third kappa shape index (κ3) is 5.57. The number of hydrogen-bond acceptors (Lipinski definition) is 7. The number of benzene rings is 2. The monoisotopic (exact) mass is 472 g/mol. The Morgan fingerprint density at radius 1 is 1.30 bits per heavy atom. The number of anilines is 1. The van der Waals surface area contributed by atoms with Crippen molar-refractivity contribution < 1.29 is 23.8 Å². The van der Waals surface area contributed by atoms with Crippen LogP contribution in [0.1, 0.15) is 12.5 Å². The van der Waals surface area contributed by atoms with E-state index in [1.54, 1.807) is 30.5 Å². The number of carbonyl (C=O) groups is 2. The lowest BCUT2D eigenvalue weighted by Gasteiger charge is -2.22. The normalized spacial score (nSPS) is 18.6. The number of amides is 2. The Morgan fingerprint density at radius 2 is 2.09 bits per heavy atom. The molecule has 174 valence electrons. The highest BCUT2D eigenvalue weighted by Crippen LogP contribution is 2.31. The van der Waals surface area contributed by atoms with E-state index in [-0.39, 0.29) is 24.7 Å². The van der Waals surface area contributed by atoms with Crippen LogP contribution in [0.5, 0.6) is 5.75 Å². The first-order valence-electron chi connectivity index (χ1n) is 10.6. The second-order valence-electron chi connectivity index (χ2n) is 7.80. The first-order chi connectivity index (χ1) is 15.9. The summed E-state index contributed by atoms with van der Waals surface area (Å²) in [4.78, 5) is 24.6. The lowest BCUT2D eigenvalue weighted by atomic mass is 10.0. The minimum absolute atomic E-state index is 0.00930. The number of carbonyl (C=O) groups excluding carboxylic acids is 2. The van der Waals surface area contributed by atoms with Crippen LogP contribution < -0.4 is 10.2 Å². The van der Waals surface area contributed by atoms with Crippen molar-refractivity contribution in [1.29, 1.82) is 0 Å². The van der Waals surface area contributed by atoms with Gasteiger partial charge in [0.1, 0.15) is 17.7 Å². The van der Waals surface area contributed by atoms with Crippen LogP contribution in [0.25, 0.3) is 11.1 Å². The Balaban J connectivity index is 1.46. The standard InChI is InChI=1S/C23H25FN4O4S/c1-15(29)25-13-19-14-28(23(31)32-19)18-4-5-20(21(24)11-18)16-2-3-17(22(30)10-16)12-26-27-6-8-33-9-7-27/h2-5,10-12,19,30H,6-9,13-14H2,1H3,(H,25,29)/b26-12+/t19-/m0/s1. The SMILES string of the molecule is CC(=O)NC[C@H]1CN(c2ccc(-c3ccc(/C=N/N4CCSCC4)c(O)c3)c(F)c2)C(=O)O1. The number of cyclic esters (lactones) is 1. The maximum absolute atomic E-state index is 14.9. The van der Waals surface area contributed by atoms with Crippen molar-refractivity contribution in [2.45, 2.75) is 13.0 Å². The van der Waals surface area contributed by atoms with Gasteiger partial charge in [0.05, 0.1) is 25.0 Å². The molecule has 2 fully saturated rings. The Labute approximate surface area is 195 Å². The lowest BCUT2D eigenvalue weighted by molar-refractivity contribution is -0.119. The molecule has 2 saturated heterocycles. The van der Waals surface area contributed by atoms with E-state index in [9.17, 15) is 19.1 Å². The molecule has 2 heterocycles. The largest absolute Gasteiger partial charge is 0.507 e. The van der Waals surface area contributed by atoms with E-state index in [4.69, 9.17) is 4.74 Å². The predicted octanol–water partition coefficient (Wildman–Crippen LogP) is 3.04. The van der Waals surface area contributed by atoms with Crippen molar-refractivity contribution in [2.24, 2.45) is 5.10 Å². The quantitative estimate of drug-likeness (QED) is 0.628. The molecule has 10 heteroatoms. The molecule has 8 nitrogen and oxygen atoms in total. The topological polar surface area (TPSA) is 94.5 Å². The molecule has 0 aliphatic carbocycles.